The van der Waals surface area contributed by atoms with Crippen molar-refractivity contribution in [3.63, 3.8) is 0 Å². The van der Waals surface area contributed by atoms with Gasteiger partial charge in [0.1, 0.15) is 11.7 Å². The third kappa shape index (κ3) is 9.65. The summed E-state index contributed by atoms with van der Waals surface area (Å²) in [5.74, 6) is -0.692. The standard InChI is InChI=1S/C24H41F2O2/c1-5-6-7-8-9-10-16-23(27-3)24(28-4)17-11-13-19(2)18-20-21(25)14-12-15-22(20)26/h14,19,23-24H,2,5-13,15-18H2,1,3-4H3. The molecule has 4 heteroatoms. The zero-order chi connectivity index (χ0) is 20.8. The van der Waals surface area contributed by atoms with Crippen molar-refractivity contribution in [3.8, 4) is 0 Å². The number of methoxy groups -OCH3 is 2. The van der Waals surface area contributed by atoms with Crippen molar-refractivity contribution in [1.82, 2.24) is 0 Å². The zero-order valence-corrected chi connectivity index (χ0v) is 18.3. The van der Waals surface area contributed by atoms with E-state index in [0.29, 0.717) is 19.3 Å². The molecular weight excluding hydrogens is 358 g/mol. The van der Waals surface area contributed by atoms with Gasteiger partial charge in [-0.15, -0.1) is 0 Å². The fraction of sp³-hybridized carbons (Fsp3) is 0.792. The lowest BCUT2D eigenvalue weighted by atomic mass is 9.90. The van der Waals surface area contributed by atoms with Gasteiger partial charge in [0.15, 0.2) is 0 Å². The topological polar surface area (TPSA) is 18.5 Å². The van der Waals surface area contributed by atoms with Gasteiger partial charge in [0.25, 0.3) is 0 Å². The van der Waals surface area contributed by atoms with Gasteiger partial charge in [-0.2, -0.15) is 0 Å². The highest BCUT2D eigenvalue weighted by molar-refractivity contribution is 5.31. The first kappa shape index (κ1) is 25.3. The molecule has 0 spiro atoms. The van der Waals surface area contributed by atoms with Gasteiger partial charge in [0.05, 0.1) is 12.2 Å². The number of rotatable bonds is 16. The average Bonchev–Trinajstić information content (AvgIpc) is 2.68. The van der Waals surface area contributed by atoms with Crippen LogP contribution in [0.15, 0.2) is 23.3 Å². The van der Waals surface area contributed by atoms with Crippen molar-refractivity contribution in [2.24, 2.45) is 5.92 Å². The molecule has 0 heterocycles. The Labute approximate surface area is 171 Å². The first-order valence-corrected chi connectivity index (χ1v) is 11.2. The molecule has 2 nitrogen and oxygen atoms in total. The van der Waals surface area contributed by atoms with Gasteiger partial charge in [0, 0.05) is 26.2 Å². The summed E-state index contributed by atoms with van der Waals surface area (Å²) in [7, 11) is 3.49. The number of hydrogen-bond acceptors (Lipinski definition) is 2. The summed E-state index contributed by atoms with van der Waals surface area (Å²) in [5, 5.41) is 0. The summed E-state index contributed by atoms with van der Waals surface area (Å²) < 4.78 is 39.1. The zero-order valence-electron chi connectivity index (χ0n) is 18.3. The highest BCUT2D eigenvalue weighted by Gasteiger charge is 2.22. The number of unbranched alkanes of at least 4 members (excludes halogenated alkanes) is 5. The SMILES string of the molecule is [CH2]C(CCCC(OC)C(CCCCCCCC)OC)CC1=C(F)CCC=C1F. The average molecular weight is 400 g/mol. The van der Waals surface area contributed by atoms with E-state index in [4.69, 9.17) is 9.47 Å². The van der Waals surface area contributed by atoms with E-state index in [1.165, 1.54) is 44.6 Å². The second-order valence-corrected chi connectivity index (χ2v) is 8.08. The minimum absolute atomic E-state index is 0.00932. The summed E-state index contributed by atoms with van der Waals surface area (Å²) in [4.78, 5) is 0. The maximum Gasteiger partial charge on any atom is 0.125 e. The van der Waals surface area contributed by atoms with E-state index in [1.54, 1.807) is 14.2 Å². The molecule has 0 fully saturated rings. The van der Waals surface area contributed by atoms with E-state index in [1.807, 2.05) is 0 Å². The lowest BCUT2D eigenvalue weighted by molar-refractivity contribution is -0.0452. The Hall–Kier alpha value is -0.740. The van der Waals surface area contributed by atoms with Crippen LogP contribution in [0.5, 0.6) is 0 Å². The molecule has 0 bridgehead atoms. The molecule has 0 N–H and O–H groups in total. The minimum Gasteiger partial charge on any atom is -0.379 e. The highest BCUT2D eigenvalue weighted by Crippen LogP contribution is 2.33. The molecule has 0 saturated heterocycles. The fourth-order valence-electron chi connectivity index (χ4n) is 3.97. The van der Waals surface area contributed by atoms with E-state index in [2.05, 4.69) is 13.8 Å². The second kappa shape index (κ2) is 15.1. The maximum atomic E-state index is 13.9. The smallest absolute Gasteiger partial charge is 0.125 e. The lowest BCUT2D eigenvalue weighted by Gasteiger charge is -2.25. The summed E-state index contributed by atoms with van der Waals surface area (Å²) in [6, 6.07) is 0. The molecule has 3 unspecified atom stereocenters. The molecule has 1 aliphatic rings. The van der Waals surface area contributed by atoms with Gasteiger partial charge in [-0.1, -0.05) is 58.3 Å². The minimum atomic E-state index is -0.398. The van der Waals surface area contributed by atoms with Crippen molar-refractivity contribution in [1.29, 1.82) is 0 Å². The van der Waals surface area contributed by atoms with Crippen LogP contribution in [0, 0.1) is 12.8 Å². The molecule has 0 aromatic carbocycles. The molecule has 0 aromatic heterocycles. The second-order valence-electron chi connectivity index (χ2n) is 8.08. The van der Waals surface area contributed by atoms with Crippen LogP contribution < -0.4 is 0 Å². The van der Waals surface area contributed by atoms with Crippen LogP contribution in [0.4, 0.5) is 8.78 Å². The van der Waals surface area contributed by atoms with Crippen molar-refractivity contribution in [2.45, 2.75) is 103 Å². The van der Waals surface area contributed by atoms with Gasteiger partial charge in [0.2, 0.25) is 0 Å². The van der Waals surface area contributed by atoms with Crippen LogP contribution in [0.3, 0.4) is 0 Å². The highest BCUT2D eigenvalue weighted by atomic mass is 19.1. The summed E-state index contributed by atoms with van der Waals surface area (Å²) >= 11 is 0. The Morgan fingerprint density at radius 1 is 0.929 bits per heavy atom. The number of ether oxygens (including phenoxy) is 2. The third-order valence-electron chi connectivity index (χ3n) is 5.76. The molecule has 3 atom stereocenters. The predicted molar refractivity (Wildman–Crippen MR) is 113 cm³/mol. The fourth-order valence-corrected chi connectivity index (χ4v) is 3.97. The summed E-state index contributed by atoms with van der Waals surface area (Å²) in [6.45, 7) is 6.34. The number of allylic oxidation sites excluding steroid dienone is 4. The number of halogens is 2. The normalized spacial score (nSPS) is 18.1. The Bertz CT molecular complexity index is 473. The van der Waals surface area contributed by atoms with Gasteiger partial charge in [-0.3, -0.25) is 0 Å². The molecule has 0 saturated carbocycles. The van der Waals surface area contributed by atoms with Crippen LogP contribution in [0.1, 0.15) is 90.4 Å². The van der Waals surface area contributed by atoms with E-state index in [9.17, 15) is 8.78 Å². The Morgan fingerprint density at radius 3 is 2.14 bits per heavy atom. The van der Waals surface area contributed by atoms with Crippen LogP contribution >= 0.6 is 0 Å². The van der Waals surface area contributed by atoms with Gasteiger partial charge in [-0.05, 0) is 44.6 Å². The largest absolute Gasteiger partial charge is 0.379 e. The van der Waals surface area contributed by atoms with E-state index in [0.717, 1.165) is 25.7 Å². The first-order chi connectivity index (χ1) is 13.5. The molecule has 1 radical (unpaired) electrons. The van der Waals surface area contributed by atoms with E-state index >= 15 is 0 Å². The molecule has 0 amide bonds. The van der Waals surface area contributed by atoms with Gasteiger partial charge < -0.3 is 9.47 Å². The number of hydrogen-bond donors (Lipinski definition) is 0. The summed E-state index contributed by atoms with van der Waals surface area (Å²) in [6.07, 6.45) is 14.1. The van der Waals surface area contributed by atoms with Crippen molar-refractivity contribution >= 4 is 0 Å². The lowest BCUT2D eigenvalue weighted by Crippen LogP contribution is -2.30. The Morgan fingerprint density at radius 2 is 1.54 bits per heavy atom. The molecule has 163 valence electrons. The molecule has 0 aliphatic heterocycles. The van der Waals surface area contributed by atoms with Crippen molar-refractivity contribution in [2.75, 3.05) is 14.2 Å². The van der Waals surface area contributed by atoms with Crippen LogP contribution in [-0.4, -0.2) is 26.4 Å². The Kier molecular flexibility index (Phi) is 13.7. The van der Waals surface area contributed by atoms with Crippen LogP contribution in [0.2, 0.25) is 0 Å². The van der Waals surface area contributed by atoms with Gasteiger partial charge >= 0.3 is 0 Å². The maximum absolute atomic E-state index is 13.9. The molecular formula is C24H41F2O2. The third-order valence-corrected chi connectivity index (χ3v) is 5.76. The van der Waals surface area contributed by atoms with Crippen molar-refractivity contribution < 1.29 is 18.3 Å². The van der Waals surface area contributed by atoms with E-state index < -0.39 is 5.83 Å². The quantitative estimate of drug-likeness (QED) is 0.248. The van der Waals surface area contributed by atoms with Gasteiger partial charge in [-0.25, -0.2) is 8.78 Å². The molecule has 28 heavy (non-hydrogen) atoms. The molecule has 1 rings (SSSR count). The molecule has 1 aliphatic carbocycles. The monoisotopic (exact) mass is 399 g/mol. The first-order valence-electron chi connectivity index (χ1n) is 11.2. The van der Waals surface area contributed by atoms with E-state index in [-0.39, 0.29) is 29.5 Å². The van der Waals surface area contributed by atoms with Crippen molar-refractivity contribution in [3.05, 3.63) is 30.2 Å². The summed E-state index contributed by atoms with van der Waals surface area (Å²) in [5.41, 5.74) is 0.229. The molecule has 0 aromatic rings. The van der Waals surface area contributed by atoms with Crippen LogP contribution in [0.25, 0.3) is 0 Å². The van der Waals surface area contributed by atoms with Crippen LogP contribution in [-0.2, 0) is 9.47 Å². The Balaban J connectivity index is 2.32. The predicted octanol–water partition coefficient (Wildman–Crippen LogP) is 7.65.